The Balaban J connectivity index is 1.92. The van der Waals surface area contributed by atoms with Crippen LogP contribution in [0.3, 0.4) is 0 Å². The van der Waals surface area contributed by atoms with Gasteiger partial charge in [-0.2, -0.15) is 0 Å². The van der Waals surface area contributed by atoms with Gasteiger partial charge in [0.2, 0.25) is 0 Å². The summed E-state index contributed by atoms with van der Waals surface area (Å²) in [7, 11) is 0. The van der Waals surface area contributed by atoms with E-state index in [9.17, 15) is 0 Å². The van der Waals surface area contributed by atoms with E-state index in [4.69, 9.17) is 5.73 Å². The van der Waals surface area contributed by atoms with Gasteiger partial charge >= 0.3 is 0 Å². The van der Waals surface area contributed by atoms with E-state index in [1.807, 2.05) is 6.21 Å². The predicted octanol–water partition coefficient (Wildman–Crippen LogP) is 4.13. The van der Waals surface area contributed by atoms with Crippen LogP contribution < -0.4 is 5.73 Å². The average molecular weight is 293 g/mol. The molecule has 3 nitrogen and oxygen atoms in total. The Morgan fingerprint density at radius 1 is 1.10 bits per heavy atom. The molecule has 1 heterocycles. The molecular weight excluding hydrogens is 258 g/mol. The number of nitrogens with two attached hydrogens (primary N) is 1. The predicted molar refractivity (Wildman–Crippen MR) is 93.9 cm³/mol. The van der Waals surface area contributed by atoms with Crippen LogP contribution in [-0.4, -0.2) is 36.9 Å². The molecule has 0 saturated heterocycles. The Kier molecular flexibility index (Phi) is 11.4. The second kappa shape index (κ2) is 13.0. The zero-order valence-corrected chi connectivity index (χ0v) is 14.0. The number of hydrogen-bond acceptors (Lipinski definition) is 3. The maximum absolute atomic E-state index is 5.62. The summed E-state index contributed by atoms with van der Waals surface area (Å²) in [5.74, 6) is 0. The summed E-state index contributed by atoms with van der Waals surface area (Å²) in [6.07, 6.45) is 20.4. The van der Waals surface area contributed by atoms with Gasteiger partial charge < -0.3 is 5.73 Å². The Labute approximate surface area is 131 Å². The first-order valence-electron chi connectivity index (χ1n) is 8.99. The second-order valence-electron chi connectivity index (χ2n) is 6.07. The van der Waals surface area contributed by atoms with Crippen molar-refractivity contribution < 1.29 is 0 Å². The third-order valence-electron chi connectivity index (χ3n) is 4.17. The molecule has 1 unspecified atom stereocenters. The molecule has 1 aliphatic rings. The van der Waals surface area contributed by atoms with E-state index in [1.54, 1.807) is 0 Å². The van der Waals surface area contributed by atoms with Crippen molar-refractivity contribution in [2.45, 2.75) is 77.3 Å². The number of hydrogen-bond donors (Lipinski definition) is 1. The number of unbranched alkanes of at least 4 members (excludes halogenated alkanes) is 8. The second-order valence-corrected chi connectivity index (χ2v) is 6.07. The molecule has 1 aliphatic heterocycles. The molecule has 0 radical (unpaired) electrons. The lowest BCUT2D eigenvalue weighted by Crippen LogP contribution is -2.34. The Morgan fingerprint density at radius 2 is 1.81 bits per heavy atom. The number of aliphatic imine (C=N–C) groups is 1. The van der Waals surface area contributed by atoms with Gasteiger partial charge in [0.05, 0.1) is 0 Å². The van der Waals surface area contributed by atoms with Crippen LogP contribution in [0, 0.1) is 0 Å². The van der Waals surface area contributed by atoms with E-state index in [1.165, 1.54) is 57.8 Å². The van der Waals surface area contributed by atoms with Gasteiger partial charge in [0.1, 0.15) is 6.17 Å². The zero-order valence-electron chi connectivity index (χ0n) is 14.0. The molecule has 3 heteroatoms. The first-order valence-corrected chi connectivity index (χ1v) is 8.99. The molecule has 0 aromatic carbocycles. The van der Waals surface area contributed by atoms with Crippen molar-refractivity contribution >= 4 is 6.21 Å². The van der Waals surface area contributed by atoms with E-state index < -0.39 is 0 Å². The third kappa shape index (κ3) is 9.05. The summed E-state index contributed by atoms with van der Waals surface area (Å²) in [5, 5.41) is 0. The van der Waals surface area contributed by atoms with Gasteiger partial charge in [-0.25, -0.2) is 0 Å². The summed E-state index contributed by atoms with van der Waals surface area (Å²) in [6.45, 7) is 4.92. The molecule has 0 spiro atoms. The van der Waals surface area contributed by atoms with Crippen LogP contribution in [0.25, 0.3) is 0 Å². The molecule has 1 rings (SSSR count). The molecule has 1 atom stereocenters. The molecule has 2 N–H and O–H groups in total. The van der Waals surface area contributed by atoms with E-state index in [2.05, 4.69) is 29.0 Å². The number of nitrogens with zero attached hydrogens (tertiary/aromatic N) is 2. The molecule has 0 fully saturated rings. The first kappa shape index (κ1) is 18.4. The lowest BCUT2D eigenvalue weighted by Gasteiger charge is -2.20. The topological polar surface area (TPSA) is 41.6 Å². The molecule has 21 heavy (non-hydrogen) atoms. The van der Waals surface area contributed by atoms with Gasteiger partial charge in [-0.3, -0.25) is 9.89 Å². The Hall–Kier alpha value is -0.670. The number of rotatable bonds is 13. The summed E-state index contributed by atoms with van der Waals surface area (Å²) < 4.78 is 0. The van der Waals surface area contributed by atoms with Crippen molar-refractivity contribution in [3.63, 3.8) is 0 Å². The highest BCUT2D eigenvalue weighted by atomic mass is 15.3. The van der Waals surface area contributed by atoms with Crippen LogP contribution >= 0.6 is 0 Å². The van der Waals surface area contributed by atoms with Crippen molar-refractivity contribution in [1.82, 2.24) is 4.90 Å². The Morgan fingerprint density at radius 3 is 2.52 bits per heavy atom. The van der Waals surface area contributed by atoms with Crippen molar-refractivity contribution in [3.8, 4) is 0 Å². The van der Waals surface area contributed by atoms with Gasteiger partial charge in [-0.1, -0.05) is 64.0 Å². The fourth-order valence-corrected chi connectivity index (χ4v) is 2.84. The fourth-order valence-electron chi connectivity index (χ4n) is 2.84. The monoisotopic (exact) mass is 293 g/mol. The Bertz CT molecular complexity index is 286. The van der Waals surface area contributed by atoms with Crippen molar-refractivity contribution in [2.24, 2.45) is 10.7 Å². The minimum atomic E-state index is 0.336. The lowest BCUT2D eigenvalue weighted by molar-refractivity contribution is 0.259. The normalized spacial score (nSPS) is 19.0. The van der Waals surface area contributed by atoms with E-state index in [0.29, 0.717) is 6.17 Å². The standard InChI is InChI=1S/C18H35N3/c1-2-3-4-5-6-7-8-9-10-11-12-13-18-20-15-17-21(18)16-14-19/h11-12,15,18H,2-10,13-14,16-17,19H2,1H3/b12-11+. The minimum absolute atomic E-state index is 0.336. The summed E-state index contributed by atoms with van der Waals surface area (Å²) in [4.78, 5) is 6.86. The lowest BCUT2D eigenvalue weighted by atomic mass is 10.1. The molecule has 0 bridgehead atoms. The van der Waals surface area contributed by atoms with Crippen LogP contribution in [0.5, 0.6) is 0 Å². The first-order chi connectivity index (χ1) is 10.4. The van der Waals surface area contributed by atoms with Gasteiger partial charge in [0, 0.05) is 32.3 Å². The number of allylic oxidation sites excluding steroid dienone is 1. The summed E-state index contributed by atoms with van der Waals surface area (Å²) in [5.41, 5.74) is 5.62. The zero-order chi connectivity index (χ0) is 15.2. The molecule has 0 amide bonds. The van der Waals surface area contributed by atoms with E-state index >= 15 is 0 Å². The van der Waals surface area contributed by atoms with Gasteiger partial charge in [0.15, 0.2) is 0 Å². The molecular formula is C18H35N3. The van der Waals surface area contributed by atoms with Crippen molar-refractivity contribution in [2.75, 3.05) is 19.6 Å². The quantitative estimate of drug-likeness (QED) is 0.410. The third-order valence-corrected chi connectivity index (χ3v) is 4.17. The van der Waals surface area contributed by atoms with Gasteiger partial charge in [0.25, 0.3) is 0 Å². The molecule has 0 aromatic heterocycles. The smallest absolute Gasteiger partial charge is 0.105 e. The summed E-state index contributed by atoms with van der Waals surface area (Å²) >= 11 is 0. The minimum Gasteiger partial charge on any atom is -0.329 e. The van der Waals surface area contributed by atoms with Gasteiger partial charge in [-0.15, -0.1) is 0 Å². The van der Waals surface area contributed by atoms with Crippen LogP contribution in [0.4, 0.5) is 0 Å². The fraction of sp³-hybridized carbons (Fsp3) is 0.833. The SMILES string of the molecule is CCCCCCCCCC/C=C/CC1N=CCN1CCN. The molecule has 0 saturated carbocycles. The summed E-state index contributed by atoms with van der Waals surface area (Å²) in [6, 6.07) is 0. The highest BCUT2D eigenvalue weighted by Gasteiger charge is 2.18. The molecule has 122 valence electrons. The maximum atomic E-state index is 5.62. The highest BCUT2D eigenvalue weighted by Crippen LogP contribution is 2.12. The van der Waals surface area contributed by atoms with Gasteiger partial charge in [-0.05, 0) is 12.8 Å². The van der Waals surface area contributed by atoms with E-state index in [-0.39, 0.29) is 0 Å². The van der Waals surface area contributed by atoms with Crippen LogP contribution in [0.15, 0.2) is 17.1 Å². The van der Waals surface area contributed by atoms with Crippen LogP contribution in [-0.2, 0) is 0 Å². The van der Waals surface area contributed by atoms with Crippen molar-refractivity contribution in [3.05, 3.63) is 12.2 Å². The van der Waals surface area contributed by atoms with Crippen LogP contribution in [0.1, 0.15) is 71.1 Å². The largest absolute Gasteiger partial charge is 0.329 e. The molecule has 0 aromatic rings. The van der Waals surface area contributed by atoms with Crippen LogP contribution in [0.2, 0.25) is 0 Å². The maximum Gasteiger partial charge on any atom is 0.105 e. The van der Waals surface area contributed by atoms with E-state index in [0.717, 1.165) is 26.1 Å². The highest BCUT2D eigenvalue weighted by molar-refractivity contribution is 5.62. The molecule has 0 aliphatic carbocycles. The van der Waals surface area contributed by atoms with Crippen molar-refractivity contribution in [1.29, 1.82) is 0 Å². The average Bonchev–Trinajstić information content (AvgIpc) is 2.92.